The molecule has 4 saturated carbocycles. The molecule has 0 unspecified atom stereocenters. The van der Waals surface area contributed by atoms with Crippen molar-refractivity contribution in [3.8, 4) is 0 Å². The molecule has 0 aromatic carbocycles. The SMILES string of the molecule is C=C(CN)CC1C2CC3CC(C2)CC1C3. The van der Waals surface area contributed by atoms with Crippen molar-refractivity contribution in [2.75, 3.05) is 6.54 Å². The summed E-state index contributed by atoms with van der Waals surface area (Å²) < 4.78 is 0. The Morgan fingerprint density at radius 2 is 1.53 bits per heavy atom. The first-order chi connectivity index (χ1) is 7.26. The van der Waals surface area contributed by atoms with Crippen LogP contribution < -0.4 is 5.73 Å². The smallest absolute Gasteiger partial charge is 0.0134 e. The topological polar surface area (TPSA) is 26.0 Å². The van der Waals surface area contributed by atoms with Crippen molar-refractivity contribution in [2.45, 2.75) is 38.5 Å². The first-order valence-corrected chi connectivity index (χ1v) is 6.63. The van der Waals surface area contributed by atoms with Gasteiger partial charge in [-0.25, -0.2) is 0 Å². The quantitative estimate of drug-likeness (QED) is 0.704. The van der Waals surface area contributed by atoms with Crippen LogP contribution in [0.4, 0.5) is 0 Å². The van der Waals surface area contributed by atoms with E-state index in [0.29, 0.717) is 6.54 Å². The van der Waals surface area contributed by atoms with Crippen LogP contribution in [0.2, 0.25) is 0 Å². The summed E-state index contributed by atoms with van der Waals surface area (Å²) in [6.45, 7) is 4.80. The standard InChI is InChI=1S/C14H23N/c1-9(8-15)2-14-12-4-10-3-11(6-12)7-13(14)5-10/h10-14H,1-8,15H2. The minimum absolute atomic E-state index is 0.697. The first kappa shape index (κ1) is 9.89. The molecule has 2 N–H and O–H groups in total. The maximum Gasteiger partial charge on any atom is 0.0134 e. The molecule has 4 aliphatic carbocycles. The Bertz CT molecular complexity index is 241. The summed E-state index contributed by atoms with van der Waals surface area (Å²) >= 11 is 0. The lowest BCUT2D eigenvalue weighted by Gasteiger charge is -2.54. The summed E-state index contributed by atoms with van der Waals surface area (Å²) in [5.41, 5.74) is 6.96. The van der Waals surface area contributed by atoms with Crippen molar-refractivity contribution in [2.24, 2.45) is 35.3 Å². The molecule has 1 nitrogen and oxygen atoms in total. The molecule has 4 fully saturated rings. The molecule has 0 spiro atoms. The molecule has 84 valence electrons. The van der Waals surface area contributed by atoms with Crippen LogP contribution in [0.15, 0.2) is 12.2 Å². The summed E-state index contributed by atoms with van der Waals surface area (Å²) in [5.74, 6) is 5.20. The van der Waals surface area contributed by atoms with Gasteiger partial charge in [0.1, 0.15) is 0 Å². The van der Waals surface area contributed by atoms with Gasteiger partial charge in [0.05, 0.1) is 0 Å². The molecule has 4 rings (SSSR count). The molecular formula is C14H23N. The minimum Gasteiger partial charge on any atom is -0.327 e. The second-order valence-electron chi connectivity index (χ2n) is 6.25. The monoisotopic (exact) mass is 205 g/mol. The zero-order valence-electron chi connectivity index (χ0n) is 9.62. The molecule has 0 aromatic rings. The van der Waals surface area contributed by atoms with Crippen molar-refractivity contribution < 1.29 is 0 Å². The zero-order chi connectivity index (χ0) is 10.4. The third kappa shape index (κ3) is 1.65. The molecule has 1 heteroatoms. The van der Waals surface area contributed by atoms with E-state index in [0.717, 1.165) is 29.6 Å². The lowest BCUT2D eigenvalue weighted by Crippen LogP contribution is -2.45. The van der Waals surface area contributed by atoms with Gasteiger partial charge in [0.2, 0.25) is 0 Å². The van der Waals surface area contributed by atoms with Crippen LogP contribution in [0.3, 0.4) is 0 Å². The number of nitrogens with two attached hydrogens (primary N) is 1. The minimum atomic E-state index is 0.697. The van der Waals surface area contributed by atoms with E-state index in [1.54, 1.807) is 6.42 Å². The highest BCUT2D eigenvalue weighted by Gasteiger charge is 2.47. The third-order valence-electron chi connectivity index (χ3n) is 5.24. The van der Waals surface area contributed by atoms with Gasteiger partial charge in [0.15, 0.2) is 0 Å². The average molecular weight is 205 g/mol. The van der Waals surface area contributed by atoms with Gasteiger partial charge in [-0.1, -0.05) is 12.2 Å². The van der Waals surface area contributed by atoms with Gasteiger partial charge in [-0.3, -0.25) is 0 Å². The Kier molecular flexibility index (Phi) is 2.39. The highest BCUT2D eigenvalue weighted by molar-refractivity contribution is 5.05. The van der Waals surface area contributed by atoms with Crippen LogP contribution in [0.1, 0.15) is 38.5 Å². The molecule has 15 heavy (non-hydrogen) atoms. The molecule has 0 heterocycles. The van der Waals surface area contributed by atoms with Gasteiger partial charge in [-0.05, 0) is 68.1 Å². The van der Waals surface area contributed by atoms with E-state index in [1.165, 1.54) is 37.7 Å². The van der Waals surface area contributed by atoms with Crippen molar-refractivity contribution in [1.29, 1.82) is 0 Å². The van der Waals surface area contributed by atoms with E-state index >= 15 is 0 Å². The second kappa shape index (κ2) is 3.62. The molecular weight excluding hydrogens is 182 g/mol. The Labute approximate surface area is 93.1 Å². The van der Waals surface area contributed by atoms with E-state index < -0.39 is 0 Å². The summed E-state index contributed by atoms with van der Waals surface area (Å²) in [6, 6.07) is 0. The Hall–Kier alpha value is -0.300. The predicted molar refractivity (Wildman–Crippen MR) is 63.3 cm³/mol. The van der Waals surface area contributed by atoms with Crippen molar-refractivity contribution in [3.63, 3.8) is 0 Å². The van der Waals surface area contributed by atoms with E-state index in [-0.39, 0.29) is 0 Å². The normalized spacial score (nSPS) is 47.1. The van der Waals surface area contributed by atoms with Crippen molar-refractivity contribution in [3.05, 3.63) is 12.2 Å². The lowest BCUT2D eigenvalue weighted by molar-refractivity contribution is -0.0360. The van der Waals surface area contributed by atoms with Gasteiger partial charge >= 0.3 is 0 Å². The van der Waals surface area contributed by atoms with Gasteiger partial charge in [0, 0.05) is 6.54 Å². The van der Waals surface area contributed by atoms with Crippen molar-refractivity contribution >= 4 is 0 Å². The Morgan fingerprint density at radius 3 is 2.00 bits per heavy atom. The van der Waals surface area contributed by atoms with Crippen molar-refractivity contribution in [1.82, 2.24) is 0 Å². The van der Waals surface area contributed by atoms with Crippen LogP contribution in [0.5, 0.6) is 0 Å². The van der Waals surface area contributed by atoms with Crippen LogP contribution in [0.25, 0.3) is 0 Å². The van der Waals surface area contributed by atoms with E-state index in [2.05, 4.69) is 6.58 Å². The largest absolute Gasteiger partial charge is 0.327 e. The molecule has 0 atom stereocenters. The molecule has 0 radical (unpaired) electrons. The first-order valence-electron chi connectivity index (χ1n) is 6.63. The van der Waals surface area contributed by atoms with Gasteiger partial charge in [-0.2, -0.15) is 0 Å². The maximum absolute atomic E-state index is 5.68. The highest BCUT2D eigenvalue weighted by Crippen LogP contribution is 2.57. The fourth-order valence-corrected chi connectivity index (χ4v) is 4.79. The predicted octanol–water partition coefficient (Wildman–Crippen LogP) is 2.96. The second-order valence-corrected chi connectivity index (χ2v) is 6.25. The summed E-state index contributed by atoms with van der Waals surface area (Å²) in [6.07, 6.45) is 8.87. The van der Waals surface area contributed by atoms with Gasteiger partial charge in [-0.15, -0.1) is 0 Å². The molecule has 4 bridgehead atoms. The molecule has 4 aliphatic rings. The number of hydrogen-bond acceptors (Lipinski definition) is 1. The fourth-order valence-electron chi connectivity index (χ4n) is 4.79. The summed E-state index contributed by atoms with van der Waals surface area (Å²) in [7, 11) is 0. The average Bonchev–Trinajstić information content (AvgIpc) is 2.22. The lowest BCUT2D eigenvalue weighted by atomic mass is 9.51. The highest BCUT2D eigenvalue weighted by atomic mass is 14.6. The fraction of sp³-hybridized carbons (Fsp3) is 0.857. The van der Waals surface area contributed by atoms with E-state index in [1.807, 2.05) is 0 Å². The van der Waals surface area contributed by atoms with E-state index in [9.17, 15) is 0 Å². The van der Waals surface area contributed by atoms with E-state index in [4.69, 9.17) is 5.73 Å². The van der Waals surface area contributed by atoms with Crippen LogP contribution in [-0.2, 0) is 0 Å². The number of hydrogen-bond donors (Lipinski definition) is 1. The number of rotatable bonds is 3. The summed E-state index contributed by atoms with van der Waals surface area (Å²) in [4.78, 5) is 0. The Balaban J connectivity index is 1.72. The van der Waals surface area contributed by atoms with Crippen LogP contribution in [0, 0.1) is 29.6 Å². The summed E-state index contributed by atoms with van der Waals surface area (Å²) in [5, 5.41) is 0. The van der Waals surface area contributed by atoms with Crippen LogP contribution >= 0.6 is 0 Å². The maximum atomic E-state index is 5.68. The molecule has 0 amide bonds. The Morgan fingerprint density at radius 1 is 1.00 bits per heavy atom. The third-order valence-corrected chi connectivity index (χ3v) is 5.24. The molecule has 0 aliphatic heterocycles. The molecule has 0 aromatic heterocycles. The van der Waals surface area contributed by atoms with Gasteiger partial charge < -0.3 is 5.73 Å². The van der Waals surface area contributed by atoms with Gasteiger partial charge in [0.25, 0.3) is 0 Å². The molecule has 0 saturated heterocycles. The zero-order valence-corrected chi connectivity index (χ0v) is 9.62. The van der Waals surface area contributed by atoms with Crippen LogP contribution in [-0.4, -0.2) is 6.54 Å².